The van der Waals surface area contributed by atoms with Crippen molar-refractivity contribution >= 4 is 35.8 Å². The first-order valence-corrected chi connectivity index (χ1v) is 9.51. The maximum absolute atomic E-state index is 11.2. The topological polar surface area (TPSA) is 80.0 Å². The average molecular weight is 488 g/mol. The van der Waals surface area contributed by atoms with Crippen LogP contribution in [0, 0.1) is 19.8 Å². The Morgan fingerprint density at radius 2 is 2.07 bits per heavy atom. The second kappa shape index (κ2) is 12.0. The zero-order valence-corrected chi connectivity index (χ0v) is 19.0. The lowest BCUT2D eigenvalue weighted by Crippen LogP contribution is -2.47. The molecule has 1 aliphatic rings. The van der Waals surface area contributed by atoms with E-state index >= 15 is 0 Å². The zero-order chi connectivity index (χ0) is 18.9. The molecule has 1 unspecified atom stereocenters. The minimum absolute atomic E-state index is 0. The van der Waals surface area contributed by atoms with E-state index in [2.05, 4.69) is 43.1 Å². The number of guanidine groups is 1. The third-order valence-corrected chi connectivity index (χ3v) is 4.65. The molecule has 27 heavy (non-hydrogen) atoms. The Bertz CT molecular complexity index is 616. The number of hydrogen-bond acceptors (Lipinski definition) is 3. The van der Waals surface area contributed by atoms with Crippen LogP contribution >= 0.6 is 24.0 Å². The molecule has 1 heterocycles. The van der Waals surface area contributed by atoms with Gasteiger partial charge in [-0.2, -0.15) is 0 Å². The van der Waals surface area contributed by atoms with E-state index in [9.17, 15) is 4.79 Å². The van der Waals surface area contributed by atoms with Gasteiger partial charge in [-0.05, 0) is 50.7 Å². The van der Waals surface area contributed by atoms with E-state index in [1.807, 2.05) is 6.07 Å². The second-order valence-electron chi connectivity index (χ2n) is 6.93. The summed E-state index contributed by atoms with van der Waals surface area (Å²) in [6.45, 7) is 9.91. The highest BCUT2D eigenvalue weighted by molar-refractivity contribution is 14.0. The highest BCUT2D eigenvalue weighted by Crippen LogP contribution is 2.22. The van der Waals surface area contributed by atoms with Crippen LogP contribution in [-0.4, -0.2) is 49.6 Å². The summed E-state index contributed by atoms with van der Waals surface area (Å²) in [5.74, 6) is 1.94. The molecule has 152 valence electrons. The number of aryl methyl sites for hydroxylation is 2. The average Bonchev–Trinajstić information content (AvgIpc) is 2.59. The molecule has 1 amide bonds. The molecule has 0 spiro atoms. The largest absolute Gasteiger partial charge is 0.491 e. The maximum atomic E-state index is 11.2. The van der Waals surface area contributed by atoms with Crippen molar-refractivity contribution in [1.82, 2.24) is 10.2 Å². The van der Waals surface area contributed by atoms with E-state index in [4.69, 9.17) is 15.5 Å². The van der Waals surface area contributed by atoms with Gasteiger partial charge in [0.25, 0.3) is 0 Å². The van der Waals surface area contributed by atoms with Gasteiger partial charge in [0.05, 0.1) is 6.54 Å². The van der Waals surface area contributed by atoms with Gasteiger partial charge in [0.15, 0.2) is 5.96 Å². The fourth-order valence-electron chi connectivity index (χ4n) is 3.46. The van der Waals surface area contributed by atoms with Gasteiger partial charge in [0.1, 0.15) is 12.4 Å². The van der Waals surface area contributed by atoms with E-state index in [1.165, 1.54) is 0 Å². The van der Waals surface area contributed by atoms with E-state index in [0.717, 1.165) is 55.3 Å². The Kier molecular flexibility index (Phi) is 10.5. The molecule has 0 aliphatic carbocycles. The number of aliphatic imine (C=N–C) groups is 1. The SMILES string of the molecule is CCNC(=NCCOc1c(C)cccc1C)N1CCCC(CC(N)=O)C1.I. The minimum atomic E-state index is -0.221. The number of primary amides is 1. The first-order chi connectivity index (χ1) is 12.5. The van der Waals surface area contributed by atoms with Crippen molar-refractivity contribution < 1.29 is 9.53 Å². The molecule has 3 N–H and O–H groups in total. The normalized spacial score (nSPS) is 17.2. The highest BCUT2D eigenvalue weighted by Gasteiger charge is 2.23. The molecular weight excluding hydrogens is 455 g/mol. The smallest absolute Gasteiger partial charge is 0.217 e. The Balaban J connectivity index is 0.00000364. The third kappa shape index (κ3) is 7.56. The number of benzene rings is 1. The number of ether oxygens (including phenoxy) is 1. The summed E-state index contributed by atoms with van der Waals surface area (Å²) in [6, 6.07) is 6.16. The summed E-state index contributed by atoms with van der Waals surface area (Å²) in [4.78, 5) is 18.2. The van der Waals surface area contributed by atoms with Crippen LogP contribution in [-0.2, 0) is 4.79 Å². The number of carbonyl (C=O) groups excluding carboxylic acids is 1. The molecule has 1 saturated heterocycles. The number of nitrogens with two attached hydrogens (primary N) is 1. The molecule has 7 heteroatoms. The lowest BCUT2D eigenvalue weighted by atomic mass is 9.95. The molecule has 1 aromatic rings. The Morgan fingerprint density at radius 3 is 2.70 bits per heavy atom. The summed E-state index contributed by atoms with van der Waals surface area (Å²) in [6.07, 6.45) is 2.56. The molecule has 1 aliphatic heterocycles. The number of nitrogens with one attached hydrogen (secondary N) is 1. The van der Waals surface area contributed by atoms with Gasteiger partial charge in [-0.25, -0.2) is 4.99 Å². The van der Waals surface area contributed by atoms with Crippen LogP contribution in [0.2, 0.25) is 0 Å². The zero-order valence-electron chi connectivity index (χ0n) is 16.7. The van der Waals surface area contributed by atoms with Crippen molar-refractivity contribution in [2.75, 3.05) is 32.8 Å². The van der Waals surface area contributed by atoms with Crippen molar-refractivity contribution in [3.05, 3.63) is 29.3 Å². The molecule has 0 saturated carbocycles. The van der Waals surface area contributed by atoms with Crippen molar-refractivity contribution in [3.8, 4) is 5.75 Å². The van der Waals surface area contributed by atoms with E-state index in [0.29, 0.717) is 25.5 Å². The van der Waals surface area contributed by atoms with Gasteiger partial charge in [0.2, 0.25) is 5.91 Å². The van der Waals surface area contributed by atoms with Crippen LogP contribution < -0.4 is 15.8 Å². The number of halogens is 1. The predicted molar refractivity (Wildman–Crippen MR) is 121 cm³/mol. The maximum Gasteiger partial charge on any atom is 0.217 e. The molecule has 1 atom stereocenters. The standard InChI is InChI=1S/C20H32N4O2.HI/c1-4-22-20(24-11-6-9-17(14-24)13-18(21)25)23-10-12-26-19-15(2)7-5-8-16(19)3;/h5,7-8,17H,4,6,9-14H2,1-3H3,(H2,21,25)(H,22,23);1H. The van der Waals surface area contributed by atoms with Crippen molar-refractivity contribution in [2.24, 2.45) is 16.6 Å². The summed E-state index contributed by atoms with van der Waals surface area (Å²) < 4.78 is 5.94. The second-order valence-corrected chi connectivity index (χ2v) is 6.93. The lowest BCUT2D eigenvalue weighted by Gasteiger charge is -2.34. The lowest BCUT2D eigenvalue weighted by molar-refractivity contribution is -0.119. The first-order valence-electron chi connectivity index (χ1n) is 9.51. The number of piperidine rings is 1. The predicted octanol–water partition coefficient (Wildman–Crippen LogP) is 2.85. The third-order valence-electron chi connectivity index (χ3n) is 4.65. The van der Waals surface area contributed by atoms with E-state index in [1.54, 1.807) is 0 Å². The molecular formula is C20H33IN4O2. The van der Waals surface area contributed by atoms with Crippen LogP contribution in [0.3, 0.4) is 0 Å². The minimum Gasteiger partial charge on any atom is -0.491 e. The Morgan fingerprint density at radius 1 is 1.37 bits per heavy atom. The summed E-state index contributed by atoms with van der Waals surface area (Å²) >= 11 is 0. The molecule has 2 rings (SSSR count). The van der Waals surface area contributed by atoms with Gasteiger partial charge in [-0.15, -0.1) is 24.0 Å². The van der Waals surface area contributed by atoms with Gasteiger partial charge >= 0.3 is 0 Å². The molecule has 0 bridgehead atoms. The quantitative estimate of drug-likeness (QED) is 0.268. The fourth-order valence-corrected chi connectivity index (χ4v) is 3.46. The number of carbonyl (C=O) groups is 1. The van der Waals surface area contributed by atoms with Gasteiger partial charge in [-0.3, -0.25) is 4.79 Å². The summed E-state index contributed by atoms with van der Waals surface area (Å²) in [5.41, 5.74) is 7.65. The van der Waals surface area contributed by atoms with Crippen molar-refractivity contribution in [3.63, 3.8) is 0 Å². The number of para-hydroxylation sites is 1. The molecule has 0 aromatic heterocycles. The number of likely N-dealkylation sites (tertiary alicyclic amines) is 1. The van der Waals surface area contributed by atoms with Crippen LogP contribution in [0.5, 0.6) is 5.75 Å². The summed E-state index contributed by atoms with van der Waals surface area (Å²) in [5, 5.41) is 3.35. The van der Waals surface area contributed by atoms with Crippen LogP contribution in [0.4, 0.5) is 0 Å². The van der Waals surface area contributed by atoms with Gasteiger partial charge in [0, 0.05) is 26.1 Å². The van der Waals surface area contributed by atoms with Gasteiger partial charge < -0.3 is 20.7 Å². The van der Waals surface area contributed by atoms with E-state index < -0.39 is 0 Å². The van der Waals surface area contributed by atoms with Crippen LogP contribution in [0.1, 0.15) is 37.3 Å². The Hall–Kier alpha value is -1.51. The monoisotopic (exact) mass is 488 g/mol. The van der Waals surface area contributed by atoms with Crippen molar-refractivity contribution in [1.29, 1.82) is 0 Å². The number of hydrogen-bond donors (Lipinski definition) is 2. The van der Waals surface area contributed by atoms with Crippen LogP contribution in [0.15, 0.2) is 23.2 Å². The number of amides is 1. The van der Waals surface area contributed by atoms with Gasteiger partial charge in [-0.1, -0.05) is 18.2 Å². The molecule has 0 radical (unpaired) electrons. The Labute approximate surface area is 179 Å². The fraction of sp³-hybridized carbons (Fsp3) is 0.600. The summed E-state index contributed by atoms with van der Waals surface area (Å²) in [7, 11) is 0. The van der Waals surface area contributed by atoms with Crippen molar-refractivity contribution in [2.45, 2.75) is 40.0 Å². The van der Waals surface area contributed by atoms with Crippen LogP contribution in [0.25, 0.3) is 0 Å². The first kappa shape index (κ1) is 23.5. The highest BCUT2D eigenvalue weighted by atomic mass is 127. The molecule has 6 nitrogen and oxygen atoms in total. The molecule has 1 fully saturated rings. The number of rotatable bonds is 7. The molecule has 1 aromatic carbocycles. The number of nitrogens with zero attached hydrogens (tertiary/aromatic N) is 2. The van der Waals surface area contributed by atoms with E-state index in [-0.39, 0.29) is 29.9 Å².